The molecule has 36 heavy (non-hydrogen) atoms. The van der Waals surface area contributed by atoms with Crippen molar-refractivity contribution in [3.8, 4) is 5.75 Å². The van der Waals surface area contributed by atoms with Crippen LogP contribution in [0.4, 0.5) is 10.2 Å². The van der Waals surface area contributed by atoms with E-state index < -0.39 is 54.5 Å². The Hall–Kier alpha value is -2.12. The summed E-state index contributed by atoms with van der Waals surface area (Å²) in [7, 11) is 0. The van der Waals surface area contributed by atoms with Gasteiger partial charge in [-0.15, -0.1) is 0 Å². The molecule has 198 valence electrons. The number of benzene rings is 1. The molecule has 0 aliphatic carbocycles. The van der Waals surface area contributed by atoms with Gasteiger partial charge in [0.2, 0.25) is 0 Å². The van der Waals surface area contributed by atoms with Crippen LogP contribution in [0, 0.1) is 0 Å². The van der Waals surface area contributed by atoms with Gasteiger partial charge in [0.15, 0.2) is 6.23 Å². The number of alkyl halides is 2. The van der Waals surface area contributed by atoms with Crippen LogP contribution in [-0.2, 0) is 30.6 Å². The standard InChI is InChI=1S/C21H27ClFN4O7PS/c1-12(2)32-18(29)13(3)26-35(36,34-14-7-5-4-6-8-14)31-11-15-17(28)21(22,23)19(33-15)27-10-9-16(24)25-20(27)30/h4-10,12-13,15,17,19,28H,11H2,1-3H3,(H,26,36)(H2,24,25,30)/t13-,15-,17-,19-,21-,35+/m1/s1. The molecule has 1 aliphatic rings. The number of hydrogen-bond donors (Lipinski definition) is 3. The predicted octanol–water partition coefficient (Wildman–Crippen LogP) is 2.24. The van der Waals surface area contributed by atoms with Gasteiger partial charge < -0.3 is 29.4 Å². The van der Waals surface area contributed by atoms with Gasteiger partial charge in [0.1, 0.15) is 29.8 Å². The molecule has 1 fully saturated rings. The van der Waals surface area contributed by atoms with Gasteiger partial charge in [-0.1, -0.05) is 29.8 Å². The molecular weight excluding hydrogens is 538 g/mol. The van der Waals surface area contributed by atoms with E-state index in [-0.39, 0.29) is 11.9 Å². The number of para-hydroxylation sites is 1. The first-order valence-corrected chi connectivity index (χ1v) is 13.9. The number of hydrogen-bond acceptors (Lipinski definition) is 10. The Morgan fingerprint density at radius 2 is 2.06 bits per heavy atom. The van der Waals surface area contributed by atoms with Gasteiger partial charge in [0.05, 0.1) is 12.7 Å². The summed E-state index contributed by atoms with van der Waals surface area (Å²) in [6, 6.07) is 8.79. The molecule has 0 bridgehead atoms. The summed E-state index contributed by atoms with van der Waals surface area (Å²) in [5.74, 6) is -0.320. The van der Waals surface area contributed by atoms with Crippen molar-refractivity contribution in [1.82, 2.24) is 14.6 Å². The molecule has 1 aliphatic heterocycles. The van der Waals surface area contributed by atoms with E-state index in [1.165, 1.54) is 13.0 Å². The molecule has 4 N–H and O–H groups in total. The summed E-state index contributed by atoms with van der Waals surface area (Å²) in [6.07, 6.45) is -4.22. The summed E-state index contributed by atoms with van der Waals surface area (Å²) < 4.78 is 38.4. The molecule has 0 amide bonds. The molecule has 1 saturated heterocycles. The predicted molar refractivity (Wildman–Crippen MR) is 134 cm³/mol. The Balaban J connectivity index is 1.79. The summed E-state index contributed by atoms with van der Waals surface area (Å²) in [4.78, 5) is 28.0. The Bertz CT molecular complexity index is 1170. The molecule has 11 nitrogen and oxygen atoms in total. The van der Waals surface area contributed by atoms with Crippen molar-refractivity contribution in [2.75, 3.05) is 12.3 Å². The quantitative estimate of drug-likeness (QED) is 0.222. The van der Waals surface area contributed by atoms with Crippen LogP contribution in [0.2, 0.25) is 0 Å². The maximum absolute atomic E-state index is 15.3. The molecule has 1 aromatic carbocycles. The zero-order chi connectivity index (χ0) is 26.7. The number of nitrogens with zero attached hydrogens (tertiary/aromatic N) is 2. The van der Waals surface area contributed by atoms with Crippen molar-refractivity contribution in [3.63, 3.8) is 0 Å². The molecule has 0 spiro atoms. The van der Waals surface area contributed by atoms with E-state index >= 15 is 4.39 Å². The Morgan fingerprint density at radius 3 is 2.67 bits per heavy atom. The average Bonchev–Trinajstić information content (AvgIpc) is 3.01. The van der Waals surface area contributed by atoms with Crippen LogP contribution in [-0.4, -0.2) is 56.7 Å². The van der Waals surface area contributed by atoms with Gasteiger partial charge in [-0.05, 0) is 50.8 Å². The summed E-state index contributed by atoms with van der Waals surface area (Å²) in [5.41, 5.74) is 4.55. The maximum atomic E-state index is 15.3. The second kappa shape index (κ2) is 11.5. The van der Waals surface area contributed by atoms with Crippen LogP contribution < -0.4 is 21.0 Å². The minimum atomic E-state index is -3.49. The number of rotatable bonds is 10. The van der Waals surface area contributed by atoms with Crippen molar-refractivity contribution in [1.29, 1.82) is 0 Å². The van der Waals surface area contributed by atoms with Crippen LogP contribution in [0.1, 0.15) is 27.0 Å². The molecule has 0 saturated carbocycles. The third-order valence-corrected chi connectivity index (χ3v) is 7.83. The van der Waals surface area contributed by atoms with E-state index in [1.54, 1.807) is 44.2 Å². The average molecular weight is 565 g/mol. The molecule has 0 unspecified atom stereocenters. The van der Waals surface area contributed by atoms with Crippen molar-refractivity contribution >= 4 is 41.8 Å². The van der Waals surface area contributed by atoms with Gasteiger partial charge in [0, 0.05) is 6.20 Å². The molecule has 6 atom stereocenters. The lowest BCUT2D eigenvalue weighted by Crippen LogP contribution is -2.41. The normalized spacial score (nSPS) is 26.4. The largest absolute Gasteiger partial charge is 0.462 e. The van der Waals surface area contributed by atoms with E-state index in [2.05, 4.69) is 10.1 Å². The van der Waals surface area contributed by atoms with Gasteiger partial charge in [-0.25, -0.2) is 14.3 Å². The van der Waals surface area contributed by atoms with Crippen LogP contribution in [0.15, 0.2) is 47.4 Å². The highest BCUT2D eigenvalue weighted by molar-refractivity contribution is 8.09. The molecule has 0 radical (unpaired) electrons. The Morgan fingerprint density at radius 1 is 1.39 bits per heavy atom. The van der Waals surface area contributed by atoms with Crippen LogP contribution in [0.5, 0.6) is 5.75 Å². The number of aliphatic hydroxyl groups excluding tert-OH is 1. The minimum Gasteiger partial charge on any atom is -0.462 e. The third-order valence-electron chi connectivity index (χ3n) is 4.92. The van der Waals surface area contributed by atoms with Crippen LogP contribution in [0.25, 0.3) is 0 Å². The minimum absolute atomic E-state index is 0.0800. The number of aromatic nitrogens is 2. The Kier molecular flexibility index (Phi) is 9.10. The lowest BCUT2D eigenvalue weighted by molar-refractivity contribution is -0.149. The van der Waals surface area contributed by atoms with Crippen LogP contribution in [0.3, 0.4) is 0 Å². The van der Waals surface area contributed by atoms with E-state index in [1.807, 2.05) is 0 Å². The van der Waals surface area contributed by atoms with E-state index in [0.29, 0.717) is 5.75 Å². The van der Waals surface area contributed by atoms with E-state index in [9.17, 15) is 14.7 Å². The third kappa shape index (κ3) is 6.80. The zero-order valence-electron chi connectivity index (χ0n) is 19.6. The first-order valence-electron chi connectivity index (χ1n) is 10.9. The van der Waals surface area contributed by atoms with Gasteiger partial charge in [-0.2, -0.15) is 4.98 Å². The van der Waals surface area contributed by atoms with E-state index in [4.69, 9.17) is 47.7 Å². The molecule has 3 rings (SSSR count). The van der Waals surface area contributed by atoms with Gasteiger partial charge in [0.25, 0.3) is 5.13 Å². The second-order valence-corrected chi connectivity index (χ2v) is 11.9. The number of halogens is 2. The lowest BCUT2D eigenvalue weighted by Gasteiger charge is -2.28. The first kappa shape index (κ1) is 28.5. The van der Waals surface area contributed by atoms with Crippen molar-refractivity contribution in [2.24, 2.45) is 0 Å². The number of nitrogens with one attached hydrogen (secondary N) is 1. The number of nitrogen functional groups attached to an aromatic ring is 1. The molecule has 2 aromatic rings. The topological polar surface area (TPSA) is 147 Å². The van der Waals surface area contributed by atoms with Crippen LogP contribution >= 0.6 is 18.2 Å². The number of carbonyl (C=O) groups is 1. The van der Waals surface area contributed by atoms with Crippen molar-refractivity contribution in [3.05, 3.63) is 53.1 Å². The smallest absolute Gasteiger partial charge is 0.351 e. The van der Waals surface area contributed by atoms with Gasteiger partial charge >= 0.3 is 18.3 Å². The first-order chi connectivity index (χ1) is 16.8. The second-order valence-electron chi connectivity index (χ2n) is 8.22. The fourth-order valence-electron chi connectivity index (χ4n) is 3.22. The fourth-order valence-corrected chi connectivity index (χ4v) is 5.93. The van der Waals surface area contributed by atoms with Gasteiger partial charge in [-0.3, -0.25) is 9.36 Å². The van der Waals surface area contributed by atoms with Crippen molar-refractivity contribution < 1.29 is 32.8 Å². The SMILES string of the molecule is CC(C)OC(=O)[C@@H](C)N[P@](=S)(OC[C@H]1O[C@@H](n2ccc(N)nc2=O)[C@@](F)(Cl)[C@@H]1O)Oc1ccccc1. The number of carbonyl (C=O) groups excluding carboxylic acids is 1. The maximum Gasteiger partial charge on any atom is 0.351 e. The van der Waals surface area contributed by atoms with E-state index in [0.717, 1.165) is 10.8 Å². The van der Waals surface area contributed by atoms with Crippen molar-refractivity contribution in [2.45, 2.75) is 56.5 Å². The highest BCUT2D eigenvalue weighted by Gasteiger charge is 2.58. The number of anilines is 1. The molecule has 2 heterocycles. The highest BCUT2D eigenvalue weighted by atomic mass is 35.5. The monoisotopic (exact) mass is 564 g/mol. The summed E-state index contributed by atoms with van der Waals surface area (Å²) in [6.45, 7) is 0.933. The number of esters is 1. The number of aliphatic hydroxyl groups is 1. The molecular formula is C21H27ClFN4O7PS. The Labute approximate surface area is 216 Å². The molecule has 15 heteroatoms. The lowest BCUT2D eigenvalue weighted by atomic mass is 10.1. The fraction of sp³-hybridized carbons (Fsp3) is 0.476. The highest BCUT2D eigenvalue weighted by Crippen LogP contribution is 2.48. The zero-order valence-corrected chi connectivity index (χ0v) is 22.1. The number of nitrogens with two attached hydrogens (primary N) is 1. The molecule has 1 aromatic heterocycles. The number of ether oxygens (including phenoxy) is 2. The summed E-state index contributed by atoms with van der Waals surface area (Å²) >= 11 is 11.5. The summed E-state index contributed by atoms with van der Waals surface area (Å²) in [5, 5.41) is 10.4.